The first-order chi connectivity index (χ1) is 14.2. The van der Waals surface area contributed by atoms with Gasteiger partial charge in [0.2, 0.25) is 5.91 Å². The number of fused-ring (bicyclic) bond motifs is 1. The minimum absolute atomic E-state index is 0.115. The lowest BCUT2D eigenvalue weighted by atomic mass is 9.91. The number of nitrogens with zero attached hydrogens (tertiary/aromatic N) is 2. The number of benzene rings is 2. The van der Waals surface area contributed by atoms with Gasteiger partial charge in [-0.05, 0) is 30.2 Å². The number of likely N-dealkylation sites (N-methyl/N-ethyl adjacent to an activating group) is 1. The van der Waals surface area contributed by atoms with Crippen LogP contribution in [0, 0.1) is 0 Å². The highest BCUT2D eigenvalue weighted by molar-refractivity contribution is 5.88. The number of H-pyrrole nitrogens is 1. The van der Waals surface area contributed by atoms with Gasteiger partial charge in [-0.15, -0.1) is 0 Å². The molecule has 1 amide bonds. The maximum Gasteiger partial charge on any atom is 0.241 e. The summed E-state index contributed by atoms with van der Waals surface area (Å²) in [6.45, 7) is 1.44. The second-order valence-electron chi connectivity index (χ2n) is 7.89. The minimum Gasteiger partial charge on any atom is -0.354 e. The van der Waals surface area contributed by atoms with E-state index < -0.39 is 5.54 Å². The van der Waals surface area contributed by atoms with Crippen LogP contribution in [0.3, 0.4) is 0 Å². The third-order valence-corrected chi connectivity index (χ3v) is 6.05. The Bertz CT molecular complexity index is 912. The molecule has 29 heavy (non-hydrogen) atoms. The topological polar surface area (TPSA) is 61.0 Å². The first-order valence-electron chi connectivity index (χ1n) is 10.2. The van der Waals surface area contributed by atoms with Crippen molar-refractivity contribution in [3.05, 3.63) is 89.5 Å². The Kier molecular flexibility index (Phi) is 5.76. The first kappa shape index (κ1) is 19.4. The number of carbonyl (C=O) groups excluding carboxylic acids is 1. The maximum atomic E-state index is 13.4. The molecule has 4 rings (SSSR count). The molecule has 2 aromatic carbocycles. The maximum absolute atomic E-state index is 13.4. The summed E-state index contributed by atoms with van der Waals surface area (Å²) in [6.07, 6.45) is 6.66. The summed E-state index contributed by atoms with van der Waals surface area (Å²) < 4.78 is 0. The fourth-order valence-corrected chi connectivity index (χ4v) is 4.25. The van der Waals surface area contributed by atoms with E-state index in [2.05, 4.69) is 75.8 Å². The summed E-state index contributed by atoms with van der Waals surface area (Å²) >= 11 is 0. The van der Waals surface area contributed by atoms with Crippen molar-refractivity contribution in [2.75, 3.05) is 20.1 Å². The van der Waals surface area contributed by atoms with Gasteiger partial charge >= 0.3 is 0 Å². The number of rotatable bonds is 8. The molecule has 2 N–H and O–H groups in total. The SMILES string of the molecule is CN(CCc1ccccc1)C1(C(=O)NCCc2cnc[nH]2)Cc2ccccc2C1. The number of amides is 1. The first-order valence-corrected chi connectivity index (χ1v) is 10.2. The fourth-order valence-electron chi connectivity index (χ4n) is 4.25. The lowest BCUT2D eigenvalue weighted by Gasteiger charge is -2.37. The molecule has 5 nitrogen and oxygen atoms in total. The van der Waals surface area contributed by atoms with Gasteiger partial charge in [0, 0.05) is 44.2 Å². The molecule has 0 atom stereocenters. The molecule has 1 aliphatic rings. The van der Waals surface area contributed by atoms with Crippen LogP contribution >= 0.6 is 0 Å². The van der Waals surface area contributed by atoms with E-state index in [1.54, 1.807) is 12.5 Å². The Morgan fingerprint density at radius 1 is 1.07 bits per heavy atom. The van der Waals surface area contributed by atoms with E-state index in [9.17, 15) is 4.79 Å². The number of aromatic nitrogens is 2. The predicted octanol–water partition coefficient (Wildman–Crippen LogP) is 2.78. The van der Waals surface area contributed by atoms with Crippen LogP contribution in [-0.4, -0.2) is 46.5 Å². The third-order valence-electron chi connectivity index (χ3n) is 6.05. The Morgan fingerprint density at radius 3 is 2.41 bits per heavy atom. The average Bonchev–Trinajstić information content (AvgIpc) is 3.41. The second-order valence-corrected chi connectivity index (χ2v) is 7.89. The molecule has 0 bridgehead atoms. The highest BCUT2D eigenvalue weighted by Gasteiger charge is 2.46. The lowest BCUT2D eigenvalue weighted by Crippen LogP contribution is -2.59. The molecular formula is C24H28N4O. The van der Waals surface area contributed by atoms with Crippen LogP contribution in [0.2, 0.25) is 0 Å². The van der Waals surface area contributed by atoms with Crippen LogP contribution in [-0.2, 0) is 30.5 Å². The Balaban J connectivity index is 1.47. The molecule has 0 aliphatic heterocycles. The predicted molar refractivity (Wildman–Crippen MR) is 115 cm³/mol. The van der Waals surface area contributed by atoms with Crippen molar-refractivity contribution in [2.45, 2.75) is 31.2 Å². The summed E-state index contributed by atoms with van der Waals surface area (Å²) in [7, 11) is 2.09. The smallest absolute Gasteiger partial charge is 0.241 e. The van der Waals surface area contributed by atoms with Crippen LogP contribution in [0.15, 0.2) is 67.1 Å². The summed E-state index contributed by atoms with van der Waals surface area (Å²) in [5.41, 5.74) is 4.36. The summed E-state index contributed by atoms with van der Waals surface area (Å²) in [5, 5.41) is 3.19. The van der Waals surface area contributed by atoms with E-state index in [4.69, 9.17) is 0 Å². The number of nitrogens with one attached hydrogen (secondary N) is 2. The quantitative estimate of drug-likeness (QED) is 0.624. The van der Waals surface area contributed by atoms with E-state index in [1.165, 1.54) is 16.7 Å². The van der Waals surface area contributed by atoms with Gasteiger partial charge in [-0.3, -0.25) is 9.69 Å². The van der Waals surface area contributed by atoms with Gasteiger partial charge in [0.1, 0.15) is 5.54 Å². The Labute approximate surface area is 172 Å². The van der Waals surface area contributed by atoms with Gasteiger partial charge in [0.25, 0.3) is 0 Å². The molecule has 150 valence electrons. The van der Waals surface area contributed by atoms with Crippen LogP contribution in [0.1, 0.15) is 22.4 Å². The van der Waals surface area contributed by atoms with Crippen molar-refractivity contribution < 1.29 is 4.79 Å². The minimum atomic E-state index is -0.535. The van der Waals surface area contributed by atoms with E-state index in [1.807, 2.05) is 6.07 Å². The molecule has 1 aliphatic carbocycles. The molecule has 3 aromatic rings. The number of hydrogen-bond donors (Lipinski definition) is 2. The van der Waals surface area contributed by atoms with Crippen LogP contribution in [0.4, 0.5) is 0 Å². The molecule has 0 saturated heterocycles. The van der Waals surface area contributed by atoms with Crippen molar-refractivity contribution in [1.82, 2.24) is 20.2 Å². The summed E-state index contributed by atoms with van der Waals surface area (Å²) in [5.74, 6) is 0.115. The van der Waals surface area contributed by atoms with Crippen LogP contribution in [0.5, 0.6) is 0 Å². The van der Waals surface area contributed by atoms with Crippen molar-refractivity contribution in [3.63, 3.8) is 0 Å². The zero-order chi connectivity index (χ0) is 20.1. The number of carbonyl (C=O) groups is 1. The Morgan fingerprint density at radius 2 is 1.76 bits per heavy atom. The van der Waals surface area contributed by atoms with Crippen LogP contribution in [0.25, 0.3) is 0 Å². The number of aromatic amines is 1. The largest absolute Gasteiger partial charge is 0.354 e. The summed E-state index contributed by atoms with van der Waals surface area (Å²) in [4.78, 5) is 22.8. The molecule has 0 saturated carbocycles. The van der Waals surface area contributed by atoms with Crippen molar-refractivity contribution >= 4 is 5.91 Å². The average molecular weight is 389 g/mol. The highest BCUT2D eigenvalue weighted by atomic mass is 16.2. The highest BCUT2D eigenvalue weighted by Crippen LogP contribution is 2.34. The van der Waals surface area contributed by atoms with E-state index in [-0.39, 0.29) is 5.91 Å². The van der Waals surface area contributed by atoms with Gasteiger partial charge in [0.15, 0.2) is 0 Å². The van der Waals surface area contributed by atoms with Crippen molar-refractivity contribution in [1.29, 1.82) is 0 Å². The third kappa shape index (κ3) is 4.25. The standard InChI is InChI=1S/C24H28N4O/c1-28(14-12-19-7-3-2-4-8-19)24(15-20-9-5-6-10-21(20)16-24)23(29)26-13-11-22-17-25-18-27-22/h2-10,17-18H,11-16H2,1H3,(H,25,27)(H,26,29). The number of imidazole rings is 1. The van der Waals surface area contributed by atoms with E-state index in [0.717, 1.165) is 37.9 Å². The van der Waals surface area contributed by atoms with Crippen molar-refractivity contribution in [3.8, 4) is 0 Å². The second kappa shape index (κ2) is 8.62. The lowest BCUT2D eigenvalue weighted by molar-refractivity contribution is -0.132. The van der Waals surface area contributed by atoms with Gasteiger partial charge in [-0.2, -0.15) is 0 Å². The Hall–Kier alpha value is -2.92. The zero-order valence-electron chi connectivity index (χ0n) is 16.9. The molecule has 0 fully saturated rings. The van der Waals surface area contributed by atoms with Gasteiger partial charge in [-0.1, -0.05) is 54.6 Å². The molecule has 1 aromatic heterocycles. The van der Waals surface area contributed by atoms with E-state index >= 15 is 0 Å². The fraction of sp³-hybridized carbons (Fsp3) is 0.333. The number of hydrogen-bond acceptors (Lipinski definition) is 3. The summed E-state index contributed by atoms with van der Waals surface area (Å²) in [6, 6.07) is 18.9. The molecule has 1 heterocycles. The normalized spacial score (nSPS) is 14.7. The zero-order valence-corrected chi connectivity index (χ0v) is 16.9. The van der Waals surface area contributed by atoms with Crippen LogP contribution < -0.4 is 5.32 Å². The molecule has 0 radical (unpaired) electrons. The van der Waals surface area contributed by atoms with Gasteiger partial charge in [0.05, 0.1) is 6.33 Å². The van der Waals surface area contributed by atoms with Crippen molar-refractivity contribution in [2.24, 2.45) is 0 Å². The molecular weight excluding hydrogens is 360 g/mol. The van der Waals surface area contributed by atoms with Gasteiger partial charge in [-0.25, -0.2) is 4.98 Å². The molecule has 0 spiro atoms. The van der Waals surface area contributed by atoms with E-state index in [0.29, 0.717) is 6.54 Å². The van der Waals surface area contributed by atoms with Gasteiger partial charge < -0.3 is 10.3 Å². The molecule has 0 unspecified atom stereocenters. The monoisotopic (exact) mass is 388 g/mol. The molecule has 5 heteroatoms.